The number of para-hydroxylation sites is 1. The first-order chi connectivity index (χ1) is 11.6. The number of fused-ring (bicyclic) bond motifs is 1. The van der Waals surface area contributed by atoms with Gasteiger partial charge < -0.3 is 4.42 Å². The minimum Gasteiger partial charge on any atom is -0.401 e. The number of nitrogens with one attached hydrogen (secondary N) is 1. The number of nitrogen functional groups attached to an aromatic ring is 1. The molecule has 2 aromatic heterocycles. The fourth-order valence-electron chi connectivity index (χ4n) is 2.24. The van der Waals surface area contributed by atoms with E-state index in [0.717, 1.165) is 0 Å². The highest BCUT2D eigenvalue weighted by molar-refractivity contribution is 6.06. The fourth-order valence-corrected chi connectivity index (χ4v) is 2.24. The first kappa shape index (κ1) is 15.4. The zero-order valence-corrected chi connectivity index (χ0v) is 12.3. The molecule has 0 atom stereocenters. The minimum absolute atomic E-state index is 0.307. The minimum atomic E-state index is -0.616. The topological polar surface area (TPSA) is 124 Å². The van der Waals surface area contributed by atoms with Gasteiger partial charge in [0, 0.05) is 5.39 Å². The van der Waals surface area contributed by atoms with Gasteiger partial charge in [0.25, 0.3) is 5.91 Å². The number of furan rings is 1. The molecule has 8 heteroatoms. The summed E-state index contributed by atoms with van der Waals surface area (Å²) in [6.45, 7) is 0. The molecule has 0 saturated heterocycles. The van der Waals surface area contributed by atoms with Crippen molar-refractivity contribution in [3.8, 4) is 0 Å². The Labute approximate surface area is 135 Å². The van der Waals surface area contributed by atoms with Gasteiger partial charge in [0.1, 0.15) is 10.7 Å². The Morgan fingerprint density at radius 1 is 1.25 bits per heavy atom. The number of nitrogens with zero attached hydrogens (tertiary/aromatic N) is 2. The molecule has 0 fully saturated rings. The van der Waals surface area contributed by atoms with Crippen molar-refractivity contribution >= 4 is 34.8 Å². The number of hydrogen-bond acceptors (Lipinski definition) is 6. The Morgan fingerprint density at radius 3 is 2.75 bits per heavy atom. The van der Waals surface area contributed by atoms with Gasteiger partial charge in [-0.1, -0.05) is 18.2 Å². The van der Waals surface area contributed by atoms with Crippen molar-refractivity contribution < 1.29 is 14.1 Å². The molecule has 8 nitrogen and oxygen atoms in total. The third-order valence-corrected chi connectivity index (χ3v) is 3.32. The van der Waals surface area contributed by atoms with Crippen LogP contribution in [0.1, 0.15) is 21.8 Å². The summed E-state index contributed by atoms with van der Waals surface area (Å²) in [6, 6.07) is 11.5. The van der Waals surface area contributed by atoms with Gasteiger partial charge in [-0.15, -0.1) is 0 Å². The van der Waals surface area contributed by atoms with E-state index in [4.69, 9.17) is 10.3 Å². The number of rotatable bonds is 4. The second-order valence-corrected chi connectivity index (χ2v) is 4.85. The van der Waals surface area contributed by atoms with E-state index in [2.05, 4.69) is 10.4 Å². The smallest absolute Gasteiger partial charge is 0.401 e. The van der Waals surface area contributed by atoms with E-state index in [0.29, 0.717) is 27.9 Å². The number of amides is 1. The SMILES string of the molecule is NNC(=O)c1cc(/C=C/c2ccc([N+](=O)[O-])o2)nc2ccccc12. The molecule has 1 aromatic carbocycles. The summed E-state index contributed by atoms with van der Waals surface area (Å²) >= 11 is 0. The highest BCUT2D eigenvalue weighted by Gasteiger charge is 2.12. The van der Waals surface area contributed by atoms with Crippen molar-refractivity contribution in [2.75, 3.05) is 0 Å². The molecule has 24 heavy (non-hydrogen) atoms. The van der Waals surface area contributed by atoms with Gasteiger partial charge in [0.05, 0.1) is 22.8 Å². The molecule has 0 unspecified atom stereocenters. The fraction of sp³-hybridized carbons (Fsp3) is 0. The van der Waals surface area contributed by atoms with Gasteiger partial charge in [-0.2, -0.15) is 0 Å². The Balaban J connectivity index is 2.01. The first-order valence-corrected chi connectivity index (χ1v) is 6.91. The molecule has 2 heterocycles. The number of nitro groups is 1. The van der Waals surface area contributed by atoms with E-state index < -0.39 is 10.8 Å². The molecular formula is C16H12N4O4. The van der Waals surface area contributed by atoms with Crippen LogP contribution in [0.3, 0.4) is 0 Å². The number of carbonyl (C=O) groups excluding carboxylic acids is 1. The van der Waals surface area contributed by atoms with E-state index in [1.807, 2.05) is 6.07 Å². The van der Waals surface area contributed by atoms with E-state index >= 15 is 0 Å². The second kappa shape index (κ2) is 6.31. The van der Waals surface area contributed by atoms with Crippen LogP contribution in [0.15, 0.2) is 46.9 Å². The summed E-state index contributed by atoms with van der Waals surface area (Å²) in [6.07, 6.45) is 3.14. The maximum atomic E-state index is 12.0. The van der Waals surface area contributed by atoms with Crippen molar-refractivity contribution in [3.63, 3.8) is 0 Å². The molecular weight excluding hydrogens is 312 g/mol. The first-order valence-electron chi connectivity index (χ1n) is 6.91. The third kappa shape index (κ3) is 2.99. The molecule has 0 spiro atoms. The van der Waals surface area contributed by atoms with Crippen LogP contribution >= 0.6 is 0 Å². The summed E-state index contributed by atoms with van der Waals surface area (Å²) in [5.41, 5.74) is 3.61. The van der Waals surface area contributed by atoms with Crippen molar-refractivity contribution in [2.24, 2.45) is 5.84 Å². The lowest BCUT2D eigenvalue weighted by molar-refractivity contribution is -0.402. The molecule has 0 radical (unpaired) electrons. The number of pyridine rings is 1. The Bertz CT molecular complexity index is 962. The number of hydrogen-bond donors (Lipinski definition) is 2. The highest BCUT2D eigenvalue weighted by atomic mass is 16.6. The Morgan fingerprint density at radius 2 is 2.04 bits per heavy atom. The standard InChI is InChI=1S/C16H12N4O4/c17-19-16(21)13-9-10(18-14-4-2-1-3-12(13)14)5-6-11-7-8-15(24-11)20(22)23/h1-9H,17H2,(H,19,21)/b6-5+. The monoisotopic (exact) mass is 324 g/mol. The van der Waals surface area contributed by atoms with Crippen molar-refractivity contribution in [2.45, 2.75) is 0 Å². The van der Waals surface area contributed by atoms with Crippen molar-refractivity contribution in [1.82, 2.24) is 10.4 Å². The maximum Gasteiger partial charge on any atom is 0.433 e. The van der Waals surface area contributed by atoms with Crippen molar-refractivity contribution in [3.05, 3.63) is 69.6 Å². The average molecular weight is 324 g/mol. The predicted molar refractivity (Wildman–Crippen MR) is 87.7 cm³/mol. The molecule has 0 aliphatic rings. The Kier molecular flexibility index (Phi) is 4.04. The molecule has 3 rings (SSSR count). The summed E-state index contributed by atoms with van der Waals surface area (Å²) < 4.78 is 5.04. The molecule has 0 aliphatic heterocycles. The van der Waals surface area contributed by atoms with Crippen LogP contribution in [-0.2, 0) is 0 Å². The number of benzene rings is 1. The summed E-state index contributed by atoms with van der Waals surface area (Å²) in [5.74, 6) is 4.75. The molecule has 3 aromatic rings. The van der Waals surface area contributed by atoms with Crippen LogP contribution in [-0.4, -0.2) is 15.8 Å². The van der Waals surface area contributed by atoms with Gasteiger partial charge in [-0.25, -0.2) is 10.8 Å². The lowest BCUT2D eigenvalue weighted by atomic mass is 10.1. The number of nitrogens with two attached hydrogens (primary N) is 1. The van der Waals surface area contributed by atoms with Gasteiger partial charge >= 0.3 is 5.88 Å². The Hall–Kier alpha value is -3.52. The molecule has 120 valence electrons. The van der Waals surface area contributed by atoms with Gasteiger partial charge in [-0.05, 0) is 30.4 Å². The average Bonchev–Trinajstić information content (AvgIpc) is 3.08. The van der Waals surface area contributed by atoms with Crippen LogP contribution in [0, 0.1) is 10.1 Å². The van der Waals surface area contributed by atoms with Crippen LogP contribution in [0.4, 0.5) is 5.88 Å². The molecule has 0 bridgehead atoms. The van der Waals surface area contributed by atoms with Crippen LogP contribution in [0.2, 0.25) is 0 Å². The lowest BCUT2D eigenvalue weighted by Crippen LogP contribution is -2.30. The number of aromatic nitrogens is 1. The molecule has 0 saturated carbocycles. The third-order valence-electron chi connectivity index (χ3n) is 3.32. The molecule has 3 N–H and O–H groups in total. The van der Waals surface area contributed by atoms with E-state index in [1.165, 1.54) is 18.2 Å². The van der Waals surface area contributed by atoms with Crippen molar-refractivity contribution in [1.29, 1.82) is 0 Å². The summed E-state index contributed by atoms with van der Waals surface area (Å²) in [4.78, 5) is 26.4. The van der Waals surface area contributed by atoms with Crippen LogP contribution in [0.25, 0.3) is 23.1 Å². The van der Waals surface area contributed by atoms with E-state index in [1.54, 1.807) is 30.3 Å². The summed E-state index contributed by atoms with van der Waals surface area (Å²) in [5, 5.41) is 11.3. The van der Waals surface area contributed by atoms with E-state index in [-0.39, 0.29) is 5.88 Å². The predicted octanol–water partition coefficient (Wildman–Crippen LogP) is 2.51. The highest BCUT2D eigenvalue weighted by Crippen LogP contribution is 2.21. The zero-order chi connectivity index (χ0) is 17.1. The van der Waals surface area contributed by atoms with Crippen LogP contribution < -0.4 is 11.3 Å². The molecule has 1 amide bonds. The molecule has 0 aliphatic carbocycles. The van der Waals surface area contributed by atoms with Gasteiger partial charge in [0.2, 0.25) is 0 Å². The normalized spacial score (nSPS) is 11.0. The van der Waals surface area contributed by atoms with Gasteiger partial charge in [-0.3, -0.25) is 20.3 Å². The quantitative estimate of drug-likeness (QED) is 0.329. The van der Waals surface area contributed by atoms with E-state index in [9.17, 15) is 14.9 Å². The summed E-state index contributed by atoms with van der Waals surface area (Å²) in [7, 11) is 0. The largest absolute Gasteiger partial charge is 0.433 e. The van der Waals surface area contributed by atoms with Gasteiger partial charge in [0.15, 0.2) is 0 Å². The zero-order valence-electron chi connectivity index (χ0n) is 12.3. The number of carbonyl (C=O) groups is 1. The second-order valence-electron chi connectivity index (χ2n) is 4.85. The van der Waals surface area contributed by atoms with Crippen LogP contribution in [0.5, 0.6) is 0 Å². The maximum absolute atomic E-state index is 12.0. The number of hydrazine groups is 1. The lowest BCUT2D eigenvalue weighted by Gasteiger charge is -2.06.